The van der Waals surface area contributed by atoms with Crippen molar-refractivity contribution in [1.82, 2.24) is 15.5 Å². The van der Waals surface area contributed by atoms with Crippen molar-refractivity contribution in [2.24, 2.45) is 5.41 Å². The van der Waals surface area contributed by atoms with E-state index in [0.29, 0.717) is 18.9 Å². The van der Waals surface area contributed by atoms with Gasteiger partial charge in [-0.15, -0.1) is 5.10 Å². The molecule has 0 aromatic carbocycles. The molecule has 0 unspecified atom stereocenters. The minimum absolute atomic E-state index is 0.0779. The normalized spacial score (nSPS) is 11.4. The van der Waals surface area contributed by atoms with E-state index < -0.39 is 5.97 Å². The number of carbonyl (C=O) groups excluding carboxylic acids is 1. The number of aromatic nitrogens is 2. The van der Waals surface area contributed by atoms with Gasteiger partial charge in [-0.1, -0.05) is 18.9 Å². The van der Waals surface area contributed by atoms with Gasteiger partial charge in [-0.05, 0) is 24.8 Å². The molecular weight excluding hydrogens is 276 g/mol. The highest BCUT2D eigenvalue weighted by Gasteiger charge is 2.18. The number of carbonyl (C=O) groups is 2. The van der Waals surface area contributed by atoms with Crippen molar-refractivity contribution >= 4 is 17.9 Å². The summed E-state index contributed by atoms with van der Waals surface area (Å²) in [6, 6.07) is 0.0843. The fourth-order valence-corrected chi connectivity index (χ4v) is 1.71. The van der Waals surface area contributed by atoms with Crippen LogP contribution in [0.4, 0.5) is 6.01 Å². The lowest BCUT2D eigenvalue weighted by atomic mass is 9.84. The van der Waals surface area contributed by atoms with Gasteiger partial charge in [-0.2, -0.15) is 0 Å². The minimum Gasteiger partial charge on any atom is -0.481 e. The molecule has 0 saturated heterocycles. The van der Waals surface area contributed by atoms with E-state index in [9.17, 15) is 9.59 Å². The lowest BCUT2D eigenvalue weighted by Crippen LogP contribution is -2.31. The number of amides is 1. The number of rotatable bonds is 9. The molecule has 0 radical (unpaired) electrons. The fraction of sp³-hybridized carbons (Fsp3) is 0.692. The topological polar surface area (TPSA) is 117 Å². The van der Waals surface area contributed by atoms with E-state index in [1.807, 2.05) is 13.8 Å². The molecule has 0 spiro atoms. The summed E-state index contributed by atoms with van der Waals surface area (Å²) in [6.45, 7) is 6.43. The highest BCUT2D eigenvalue weighted by Crippen LogP contribution is 2.25. The van der Waals surface area contributed by atoms with Crippen LogP contribution in [0.25, 0.3) is 0 Å². The number of anilines is 1. The number of nitrogens with zero attached hydrogens (tertiary/aromatic N) is 2. The van der Waals surface area contributed by atoms with Crippen molar-refractivity contribution in [2.75, 3.05) is 18.4 Å². The molecule has 0 aliphatic heterocycles. The summed E-state index contributed by atoms with van der Waals surface area (Å²) in [5.74, 6) is -0.661. The Morgan fingerprint density at radius 1 is 1.29 bits per heavy atom. The molecule has 1 aromatic rings. The predicted octanol–water partition coefficient (Wildman–Crippen LogP) is 1.19. The molecule has 118 valence electrons. The molecule has 0 fully saturated rings. The lowest BCUT2D eigenvalue weighted by Gasteiger charge is -2.23. The Balaban J connectivity index is 2.18. The number of carboxylic acids is 1. The van der Waals surface area contributed by atoms with Crippen LogP contribution < -0.4 is 10.6 Å². The van der Waals surface area contributed by atoms with Gasteiger partial charge in [-0.25, -0.2) is 0 Å². The third-order valence-electron chi connectivity index (χ3n) is 3.05. The molecule has 0 aliphatic rings. The number of nitrogens with one attached hydrogen (secondary N) is 2. The number of aryl methyl sites for hydroxylation is 1. The summed E-state index contributed by atoms with van der Waals surface area (Å²) >= 11 is 0. The Morgan fingerprint density at radius 3 is 2.57 bits per heavy atom. The Labute approximate surface area is 123 Å². The average Bonchev–Trinajstić information content (AvgIpc) is 2.78. The summed E-state index contributed by atoms with van der Waals surface area (Å²) in [6.07, 6.45) is 1.55. The van der Waals surface area contributed by atoms with E-state index in [4.69, 9.17) is 9.52 Å². The molecule has 0 saturated carbocycles. The van der Waals surface area contributed by atoms with Crippen molar-refractivity contribution in [3.8, 4) is 0 Å². The van der Waals surface area contributed by atoms with Gasteiger partial charge in [-0.3, -0.25) is 14.9 Å². The van der Waals surface area contributed by atoms with Gasteiger partial charge in [0.1, 0.15) is 0 Å². The van der Waals surface area contributed by atoms with Crippen LogP contribution in [0.1, 0.15) is 39.0 Å². The summed E-state index contributed by atoms with van der Waals surface area (Å²) in [7, 11) is 0. The smallest absolute Gasteiger partial charge is 0.322 e. The van der Waals surface area contributed by atoms with E-state index in [2.05, 4.69) is 20.8 Å². The van der Waals surface area contributed by atoms with Crippen LogP contribution in [0.2, 0.25) is 0 Å². The highest BCUT2D eigenvalue weighted by atomic mass is 16.4. The van der Waals surface area contributed by atoms with Gasteiger partial charge in [0.15, 0.2) is 0 Å². The quantitative estimate of drug-likeness (QED) is 0.586. The van der Waals surface area contributed by atoms with Crippen LogP contribution in [-0.2, 0) is 9.59 Å². The number of hydrogen-bond donors (Lipinski definition) is 3. The average molecular weight is 298 g/mol. The zero-order valence-electron chi connectivity index (χ0n) is 12.6. The molecule has 1 aromatic heterocycles. The maximum Gasteiger partial charge on any atom is 0.322 e. The van der Waals surface area contributed by atoms with Crippen molar-refractivity contribution in [2.45, 2.75) is 40.0 Å². The van der Waals surface area contributed by atoms with Crippen molar-refractivity contribution in [3.63, 3.8) is 0 Å². The Bertz CT molecular complexity index is 484. The summed E-state index contributed by atoms with van der Waals surface area (Å²) in [4.78, 5) is 22.1. The zero-order chi connectivity index (χ0) is 15.9. The lowest BCUT2D eigenvalue weighted by molar-refractivity contribution is -0.137. The third-order valence-corrected chi connectivity index (χ3v) is 3.05. The fourth-order valence-electron chi connectivity index (χ4n) is 1.71. The van der Waals surface area contributed by atoms with Crippen LogP contribution in [0.5, 0.6) is 0 Å². The number of carboxylic acid groups (broad SMARTS) is 1. The van der Waals surface area contributed by atoms with Crippen LogP contribution in [0.15, 0.2) is 4.42 Å². The van der Waals surface area contributed by atoms with Gasteiger partial charge in [0, 0.05) is 13.3 Å². The maximum absolute atomic E-state index is 11.6. The van der Waals surface area contributed by atoms with Crippen LogP contribution in [0, 0.1) is 12.3 Å². The van der Waals surface area contributed by atoms with E-state index in [1.54, 1.807) is 6.92 Å². The van der Waals surface area contributed by atoms with Crippen molar-refractivity contribution < 1.29 is 19.1 Å². The first-order chi connectivity index (χ1) is 9.78. The standard InChI is InChI=1S/C13H22N4O4/c1-9-16-17-12(21-9)15-10(18)8-14-7-6-13(2,3)5-4-11(19)20/h14H,4-8H2,1-3H3,(H,19,20)(H,15,17,18). The first-order valence-corrected chi connectivity index (χ1v) is 6.81. The molecule has 8 nitrogen and oxygen atoms in total. The van der Waals surface area contributed by atoms with E-state index >= 15 is 0 Å². The predicted molar refractivity (Wildman–Crippen MR) is 75.8 cm³/mol. The molecule has 21 heavy (non-hydrogen) atoms. The molecule has 0 atom stereocenters. The van der Waals surface area contributed by atoms with Crippen LogP contribution in [-0.4, -0.2) is 40.3 Å². The molecule has 0 bridgehead atoms. The van der Waals surface area contributed by atoms with Crippen LogP contribution in [0.3, 0.4) is 0 Å². The molecule has 1 amide bonds. The monoisotopic (exact) mass is 298 g/mol. The first-order valence-electron chi connectivity index (χ1n) is 6.81. The maximum atomic E-state index is 11.6. The second kappa shape index (κ2) is 7.72. The molecule has 3 N–H and O–H groups in total. The summed E-state index contributed by atoms with van der Waals surface area (Å²) < 4.78 is 5.03. The molecule has 1 rings (SSSR count). The van der Waals surface area contributed by atoms with Crippen molar-refractivity contribution in [3.05, 3.63) is 5.89 Å². The molecule has 0 aliphatic carbocycles. The Morgan fingerprint density at radius 2 is 2.00 bits per heavy atom. The minimum atomic E-state index is -0.787. The largest absolute Gasteiger partial charge is 0.481 e. The van der Waals surface area contributed by atoms with E-state index in [-0.39, 0.29) is 30.3 Å². The van der Waals surface area contributed by atoms with E-state index in [1.165, 1.54) is 0 Å². The SMILES string of the molecule is Cc1nnc(NC(=O)CNCCC(C)(C)CCC(=O)O)o1. The first kappa shape index (κ1) is 17.1. The second-order valence-corrected chi connectivity index (χ2v) is 5.66. The summed E-state index contributed by atoms with van der Waals surface area (Å²) in [5, 5.41) is 21.4. The zero-order valence-corrected chi connectivity index (χ0v) is 12.6. The van der Waals surface area contributed by atoms with Gasteiger partial charge < -0.3 is 14.8 Å². The van der Waals surface area contributed by atoms with Gasteiger partial charge in [0.2, 0.25) is 11.8 Å². The molecule has 1 heterocycles. The Hall–Kier alpha value is -1.96. The summed E-state index contributed by atoms with van der Waals surface area (Å²) in [5.41, 5.74) is -0.0779. The van der Waals surface area contributed by atoms with Gasteiger partial charge in [0.05, 0.1) is 6.54 Å². The molecular formula is C13H22N4O4. The Kier molecular flexibility index (Phi) is 6.29. The molecule has 8 heteroatoms. The van der Waals surface area contributed by atoms with Gasteiger partial charge >= 0.3 is 12.0 Å². The van der Waals surface area contributed by atoms with Crippen LogP contribution >= 0.6 is 0 Å². The van der Waals surface area contributed by atoms with Crippen molar-refractivity contribution in [1.29, 1.82) is 0 Å². The third kappa shape index (κ3) is 7.40. The number of aliphatic carboxylic acids is 1. The second-order valence-electron chi connectivity index (χ2n) is 5.66. The highest BCUT2D eigenvalue weighted by molar-refractivity contribution is 5.90. The van der Waals surface area contributed by atoms with Gasteiger partial charge in [0.25, 0.3) is 0 Å². The number of hydrogen-bond acceptors (Lipinski definition) is 6. The van der Waals surface area contributed by atoms with E-state index in [0.717, 1.165) is 6.42 Å².